The zero-order chi connectivity index (χ0) is 16.6. The third-order valence-electron chi connectivity index (χ3n) is 3.63. The lowest BCUT2D eigenvalue weighted by molar-refractivity contribution is -0.120. The van der Waals surface area contributed by atoms with Gasteiger partial charge in [0.05, 0.1) is 5.52 Å². The standard InChI is InChI=1S/C18H19N5O/c24-16(8-13-23-18-21-10-3-11-22-18)19-12-7-15-5-1-4-14-6-2-9-20-17(14)15/h1-6,9-11H,7-8,12-13H2,(H,19,24)(H,21,22,23). The van der Waals surface area contributed by atoms with Crippen molar-refractivity contribution in [1.82, 2.24) is 20.3 Å². The Balaban J connectivity index is 1.43. The average molecular weight is 321 g/mol. The molecule has 1 amide bonds. The highest BCUT2D eigenvalue weighted by atomic mass is 16.1. The van der Waals surface area contributed by atoms with Crippen LogP contribution >= 0.6 is 0 Å². The number of anilines is 1. The lowest BCUT2D eigenvalue weighted by atomic mass is 10.1. The molecule has 122 valence electrons. The maximum absolute atomic E-state index is 11.9. The van der Waals surface area contributed by atoms with Crippen molar-refractivity contribution in [2.45, 2.75) is 12.8 Å². The lowest BCUT2D eigenvalue weighted by Gasteiger charge is -2.08. The molecule has 0 aliphatic rings. The Labute approximate surface area is 140 Å². The van der Waals surface area contributed by atoms with Gasteiger partial charge in [-0.2, -0.15) is 0 Å². The van der Waals surface area contributed by atoms with Crippen molar-refractivity contribution in [1.29, 1.82) is 0 Å². The van der Waals surface area contributed by atoms with E-state index in [0.717, 1.165) is 22.9 Å². The Morgan fingerprint density at radius 2 is 1.71 bits per heavy atom. The molecule has 1 aromatic carbocycles. The fourth-order valence-corrected chi connectivity index (χ4v) is 2.47. The summed E-state index contributed by atoms with van der Waals surface area (Å²) in [6.07, 6.45) is 6.25. The van der Waals surface area contributed by atoms with E-state index < -0.39 is 0 Å². The highest BCUT2D eigenvalue weighted by molar-refractivity contribution is 5.81. The van der Waals surface area contributed by atoms with E-state index in [-0.39, 0.29) is 5.91 Å². The minimum atomic E-state index is 0.00614. The van der Waals surface area contributed by atoms with E-state index in [1.807, 2.05) is 24.3 Å². The van der Waals surface area contributed by atoms with Gasteiger partial charge in [-0.15, -0.1) is 0 Å². The van der Waals surface area contributed by atoms with Crippen molar-refractivity contribution in [3.05, 3.63) is 60.6 Å². The molecule has 3 aromatic rings. The Hall–Kier alpha value is -3.02. The third-order valence-corrected chi connectivity index (χ3v) is 3.63. The van der Waals surface area contributed by atoms with Gasteiger partial charge in [-0.3, -0.25) is 9.78 Å². The van der Waals surface area contributed by atoms with Crippen LogP contribution in [0.15, 0.2) is 55.0 Å². The van der Waals surface area contributed by atoms with Crippen LogP contribution in [0.2, 0.25) is 0 Å². The van der Waals surface area contributed by atoms with Gasteiger partial charge in [0, 0.05) is 43.5 Å². The monoisotopic (exact) mass is 321 g/mol. The van der Waals surface area contributed by atoms with E-state index in [9.17, 15) is 4.79 Å². The number of hydrogen-bond donors (Lipinski definition) is 2. The molecule has 0 unspecified atom stereocenters. The SMILES string of the molecule is O=C(CCNc1ncccn1)NCCc1cccc2cccnc12. The number of nitrogens with one attached hydrogen (secondary N) is 2. The largest absolute Gasteiger partial charge is 0.356 e. The Bertz CT molecular complexity index is 801. The predicted octanol–water partition coefficient (Wildman–Crippen LogP) is 2.19. The molecule has 6 nitrogen and oxygen atoms in total. The number of fused-ring (bicyclic) bond motifs is 1. The summed E-state index contributed by atoms with van der Waals surface area (Å²) in [5.74, 6) is 0.541. The second kappa shape index (κ2) is 8.01. The predicted molar refractivity (Wildman–Crippen MR) is 93.6 cm³/mol. The van der Waals surface area contributed by atoms with Gasteiger partial charge in [-0.1, -0.05) is 24.3 Å². The van der Waals surface area contributed by atoms with Crippen LogP contribution in [0, 0.1) is 0 Å². The van der Waals surface area contributed by atoms with Crippen LogP contribution in [0.5, 0.6) is 0 Å². The fourth-order valence-electron chi connectivity index (χ4n) is 2.47. The summed E-state index contributed by atoms with van der Waals surface area (Å²) in [4.78, 5) is 24.4. The molecule has 0 spiro atoms. The number of carbonyl (C=O) groups is 1. The number of hydrogen-bond acceptors (Lipinski definition) is 5. The van der Waals surface area contributed by atoms with Crippen LogP contribution in [0.3, 0.4) is 0 Å². The molecule has 2 aromatic heterocycles. The first-order valence-electron chi connectivity index (χ1n) is 7.93. The molecule has 24 heavy (non-hydrogen) atoms. The van der Waals surface area contributed by atoms with Gasteiger partial charge in [0.1, 0.15) is 0 Å². The minimum absolute atomic E-state index is 0.00614. The molecule has 0 aliphatic heterocycles. The Morgan fingerprint density at radius 3 is 2.58 bits per heavy atom. The molecule has 0 bridgehead atoms. The van der Waals surface area contributed by atoms with Gasteiger partial charge in [0.2, 0.25) is 11.9 Å². The first-order valence-corrected chi connectivity index (χ1v) is 7.93. The van der Waals surface area contributed by atoms with Crippen molar-refractivity contribution >= 4 is 22.8 Å². The van der Waals surface area contributed by atoms with Crippen molar-refractivity contribution in [3.63, 3.8) is 0 Å². The summed E-state index contributed by atoms with van der Waals surface area (Å²) in [6, 6.07) is 11.8. The van der Waals surface area contributed by atoms with Crippen LogP contribution in [0.1, 0.15) is 12.0 Å². The zero-order valence-corrected chi connectivity index (χ0v) is 13.3. The first-order chi connectivity index (χ1) is 11.8. The van der Waals surface area contributed by atoms with Gasteiger partial charge < -0.3 is 10.6 Å². The fraction of sp³-hybridized carbons (Fsp3) is 0.222. The topological polar surface area (TPSA) is 79.8 Å². The van der Waals surface area contributed by atoms with E-state index >= 15 is 0 Å². The molecule has 6 heteroatoms. The summed E-state index contributed by atoms with van der Waals surface area (Å²) >= 11 is 0. The highest BCUT2D eigenvalue weighted by Gasteiger charge is 2.04. The normalized spacial score (nSPS) is 10.5. The third kappa shape index (κ3) is 4.25. The number of amides is 1. The average Bonchev–Trinajstić information content (AvgIpc) is 2.63. The summed E-state index contributed by atoms with van der Waals surface area (Å²) in [5.41, 5.74) is 2.14. The first kappa shape index (κ1) is 15.9. The summed E-state index contributed by atoms with van der Waals surface area (Å²) in [7, 11) is 0. The Kier molecular flexibility index (Phi) is 5.29. The van der Waals surface area contributed by atoms with Gasteiger partial charge in [-0.25, -0.2) is 9.97 Å². The van der Waals surface area contributed by atoms with Gasteiger partial charge in [0.15, 0.2) is 0 Å². The lowest BCUT2D eigenvalue weighted by Crippen LogP contribution is -2.27. The smallest absolute Gasteiger partial charge is 0.222 e. The second-order valence-electron chi connectivity index (χ2n) is 5.34. The van der Waals surface area contributed by atoms with Crippen LogP contribution in [0.4, 0.5) is 5.95 Å². The van der Waals surface area contributed by atoms with Crippen LogP contribution in [-0.4, -0.2) is 33.9 Å². The molecule has 0 aliphatic carbocycles. The highest BCUT2D eigenvalue weighted by Crippen LogP contribution is 2.15. The van der Waals surface area contributed by atoms with Crippen molar-refractivity contribution in [2.24, 2.45) is 0 Å². The second-order valence-corrected chi connectivity index (χ2v) is 5.34. The number of rotatable bonds is 7. The molecule has 0 fully saturated rings. The van der Waals surface area contributed by atoms with E-state index in [0.29, 0.717) is 25.5 Å². The van der Waals surface area contributed by atoms with E-state index in [2.05, 4.69) is 31.7 Å². The zero-order valence-electron chi connectivity index (χ0n) is 13.3. The van der Waals surface area contributed by atoms with Crippen molar-refractivity contribution in [2.75, 3.05) is 18.4 Å². The van der Waals surface area contributed by atoms with Gasteiger partial charge in [-0.05, 0) is 24.1 Å². The summed E-state index contributed by atoms with van der Waals surface area (Å²) < 4.78 is 0. The maximum atomic E-state index is 11.9. The quantitative estimate of drug-likeness (QED) is 0.697. The number of carbonyl (C=O) groups excluding carboxylic acids is 1. The van der Waals surface area contributed by atoms with Crippen molar-refractivity contribution < 1.29 is 4.79 Å². The molecule has 3 rings (SSSR count). The number of pyridine rings is 1. The number of aromatic nitrogens is 3. The molecule has 0 atom stereocenters. The molecule has 0 saturated carbocycles. The molecular formula is C18H19N5O. The summed E-state index contributed by atoms with van der Waals surface area (Å²) in [5, 5.41) is 7.07. The molecule has 2 heterocycles. The van der Waals surface area contributed by atoms with Crippen LogP contribution in [-0.2, 0) is 11.2 Å². The van der Waals surface area contributed by atoms with Crippen molar-refractivity contribution in [3.8, 4) is 0 Å². The maximum Gasteiger partial charge on any atom is 0.222 e. The summed E-state index contributed by atoms with van der Waals surface area (Å²) in [6.45, 7) is 1.10. The van der Waals surface area contributed by atoms with Crippen LogP contribution in [0.25, 0.3) is 10.9 Å². The van der Waals surface area contributed by atoms with Crippen LogP contribution < -0.4 is 10.6 Å². The Morgan fingerprint density at radius 1 is 0.917 bits per heavy atom. The van der Waals surface area contributed by atoms with Gasteiger partial charge in [0.25, 0.3) is 0 Å². The van der Waals surface area contributed by atoms with E-state index in [1.54, 1.807) is 24.7 Å². The van der Waals surface area contributed by atoms with E-state index in [1.165, 1.54) is 0 Å². The molecular weight excluding hydrogens is 302 g/mol. The van der Waals surface area contributed by atoms with Gasteiger partial charge >= 0.3 is 0 Å². The minimum Gasteiger partial charge on any atom is -0.356 e. The number of nitrogens with zero attached hydrogens (tertiary/aromatic N) is 3. The number of benzene rings is 1. The molecule has 2 N–H and O–H groups in total. The number of para-hydroxylation sites is 1. The van der Waals surface area contributed by atoms with E-state index in [4.69, 9.17) is 0 Å². The molecule has 0 radical (unpaired) electrons. The molecule has 0 saturated heterocycles.